The average Bonchev–Trinajstić information content (AvgIpc) is 3.14. The van der Waals surface area contributed by atoms with E-state index in [-0.39, 0.29) is 4.90 Å². The molecular weight excluding hydrogens is 422 g/mol. The van der Waals surface area contributed by atoms with Crippen molar-refractivity contribution in [3.63, 3.8) is 0 Å². The van der Waals surface area contributed by atoms with Crippen LogP contribution in [-0.4, -0.2) is 23.0 Å². The fourth-order valence-electron chi connectivity index (χ4n) is 3.64. The van der Waals surface area contributed by atoms with Gasteiger partial charge in [-0.1, -0.05) is 30.3 Å². The third-order valence-corrected chi connectivity index (χ3v) is 6.51. The average molecular weight is 444 g/mol. The highest BCUT2D eigenvalue weighted by molar-refractivity contribution is 7.92. The highest BCUT2D eigenvalue weighted by atomic mass is 32.2. The molecule has 0 saturated heterocycles. The molecule has 3 aromatic carbocycles. The van der Waals surface area contributed by atoms with E-state index in [2.05, 4.69) is 20.1 Å². The van der Waals surface area contributed by atoms with Crippen molar-refractivity contribution in [1.82, 2.24) is 14.6 Å². The Labute approximate surface area is 185 Å². The summed E-state index contributed by atoms with van der Waals surface area (Å²) in [5.41, 5.74) is 3.75. The second kappa shape index (κ2) is 7.65. The van der Waals surface area contributed by atoms with Crippen LogP contribution in [0, 0.1) is 13.8 Å². The summed E-state index contributed by atoms with van der Waals surface area (Å²) < 4.78 is 30.1. The second-order valence-electron chi connectivity index (χ2n) is 7.66. The van der Waals surface area contributed by atoms with E-state index in [1.165, 1.54) is 0 Å². The van der Waals surface area contributed by atoms with E-state index in [0.717, 1.165) is 39.3 Å². The van der Waals surface area contributed by atoms with Crippen molar-refractivity contribution in [2.24, 2.45) is 0 Å². The molecule has 0 unspecified atom stereocenters. The lowest BCUT2D eigenvalue weighted by Gasteiger charge is -2.12. The van der Waals surface area contributed by atoms with Gasteiger partial charge in [-0.3, -0.25) is 4.72 Å². The molecule has 0 aliphatic heterocycles. The van der Waals surface area contributed by atoms with Crippen LogP contribution in [0.4, 0.5) is 17.2 Å². The van der Waals surface area contributed by atoms with Gasteiger partial charge in [-0.05, 0) is 61.0 Å². The van der Waals surface area contributed by atoms with E-state index in [1.54, 1.807) is 34.8 Å². The van der Waals surface area contributed by atoms with Gasteiger partial charge in [-0.2, -0.15) is 9.61 Å². The minimum Gasteiger partial charge on any atom is -0.340 e. The SMILES string of the molecule is Cc1cc(Nc2ccc(S(=O)(=O)Nc3ccc4ccccc4c3)cc2)n2nc(C)cc2n1. The van der Waals surface area contributed by atoms with Crippen LogP contribution in [0.3, 0.4) is 0 Å². The number of aryl methyl sites for hydroxylation is 2. The van der Waals surface area contributed by atoms with Crippen LogP contribution in [0.15, 0.2) is 83.8 Å². The number of benzene rings is 3. The molecule has 2 heterocycles. The molecule has 0 bridgehead atoms. The van der Waals surface area contributed by atoms with E-state index in [1.807, 2.05) is 62.4 Å². The fraction of sp³-hybridized carbons (Fsp3) is 0.0833. The van der Waals surface area contributed by atoms with E-state index in [0.29, 0.717) is 5.69 Å². The molecule has 7 nitrogen and oxygen atoms in total. The molecule has 0 atom stereocenters. The van der Waals surface area contributed by atoms with Crippen LogP contribution < -0.4 is 10.0 Å². The Kier molecular flexibility index (Phi) is 4.79. The molecule has 5 aromatic rings. The van der Waals surface area contributed by atoms with Crippen LogP contribution in [0.2, 0.25) is 0 Å². The monoisotopic (exact) mass is 443 g/mol. The van der Waals surface area contributed by atoms with Gasteiger partial charge in [0.1, 0.15) is 5.82 Å². The summed E-state index contributed by atoms with van der Waals surface area (Å²) in [6, 6.07) is 23.7. The number of nitrogens with one attached hydrogen (secondary N) is 2. The molecule has 0 saturated carbocycles. The van der Waals surface area contributed by atoms with Gasteiger partial charge in [0, 0.05) is 29.2 Å². The van der Waals surface area contributed by atoms with Gasteiger partial charge in [0.05, 0.1) is 10.6 Å². The minimum absolute atomic E-state index is 0.183. The van der Waals surface area contributed by atoms with Crippen LogP contribution in [-0.2, 0) is 10.0 Å². The lowest BCUT2D eigenvalue weighted by Crippen LogP contribution is -2.13. The number of aromatic nitrogens is 3. The highest BCUT2D eigenvalue weighted by Crippen LogP contribution is 2.24. The summed E-state index contributed by atoms with van der Waals surface area (Å²) >= 11 is 0. The largest absolute Gasteiger partial charge is 0.340 e. The normalized spacial score (nSPS) is 11.7. The Balaban J connectivity index is 1.39. The summed E-state index contributed by atoms with van der Waals surface area (Å²) in [4.78, 5) is 4.66. The predicted molar refractivity (Wildman–Crippen MR) is 127 cm³/mol. The fourth-order valence-corrected chi connectivity index (χ4v) is 4.69. The van der Waals surface area contributed by atoms with Gasteiger partial charge in [-0.25, -0.2) is 13.4 Å². The number of hydrogen-bond acceptors (Lipinski definition) is 5. The van der Waals surface area contributed by atoms with Gasteiger partial charge in [0.2, 0.25) is 0 Å². The Hall–Kier alpha value is -3.91. The van der Waals surface area contributed by atoms with Gasteiger partial charge in [0.15, 0.2) is 5.65 Å². The second-order valence-corrected chi connectivity index (χ2v) is 9.34. The maximum absolute atomic E-state index is 12.9. The van der Waals surface area contributed by atoms with E-state index in [9.17, 15) is 8.42 Å². The first-order chi connectivity index (χ1) is 15.4. The van der Waals surface area contributed by atoms with Crippen LogP contribution >= 0.6 is 0 Å². The Morgan fingerprint density at radius 2 is 1.50 bits per heavy atom. The molecule has 8 heteroatoms. The molecule has 2 aromatic heterocycles. The summed E-state index contributed by atoms with van der Waals surface area (Å²) in [7, 11) is -3.71. The van der Waals surface area contributed by atoms with Crippen molar-refractivity contribution in [3.05, 3.63) is 90.3 Å². The number of hydrogen-bond donors (Lipinski definition) is 2. The Bertz CT molecular complexity index is 1560. The summed E-state index contributed by atoms with van der Waals surface area (Å²) in [6.45, 7) is 3.83. The van der Waals surface area contributed by atoms with Gasteiger partial charge in [-0.15, -0.1) is 0 Å². The molecular formula is C24H21N5O2S. The Morgan fingerprint density at radius 3 is 2.28 bits per heavy atom. The van der Waals surface area contributed by atoms with Gasteiger partial charge >= 0.3 is 0 Å². The van der Waals surface area contributed by atoms with Crippen molar-refractivity contribution in [2.75, 3.05) is 10.0 Å². The third kappa shape index (κ3) is 3.88. The predicted octanol–water partition coefficient (Wildman–Crippen LogP) is 5.04. The summed E-state index contributed by atoms with van der Waals surface area (Å²) in [6.07, 6.45) is 0. The van der Waals surface area contributed by atoms with Crippen molar-refractivity contribution < 1.29 is 8.42 Å². The molecule has 5 rings (SSSR count). The number of sulfonamides is 1. The minimum atomic E-state index is -3.71. The molecule has 32 heavy (non-hydrogen) atoms. The van der Waals surface area contributed by atoms with Crippen molar-refractivity contribution in [3.8, 4) is 0 Å². The van der Waals surface area contributed by atoms with Gasteiger partial charge < -0.3 is 5.32 Å². The molecule has 0 aliphatic rings. The summed E-state index contributed by atoms with van der Waals surface area (Å²) in [5, 5.41) is 9.78. The quantitative estimate of drug-likeness (QED) is 0.397. The topological polar surface area (TPSA) is 88.4 Å². The standard InChI is InChI=1S/C24H21N5O2S/c1-16-13-24(29-23(25-16)14-17(2)27-29)26-20-9-11-22(12-10-20)32(30,31)28-21-8-7-18-5-3-4-6-19(18)15-21/h3-15,26,28H,1-2H3. The Morgan fingerprint density at radius 1 is 0.781 bits per heavy atom. The zero-order chi connectivity index (χ0) is 22.3. The molecule has 0 fully saturated rings. The molecule has 0 radical (unpaired) electrons. The zero-order valence-corrected chi connectivity index (χ0v) is 18.4. The van der Waals surface area contributed by atoms with Gasteiger partial charge in [0.25, 0.3) is 10.0 Å². The first-order valence-electron chi connectivity index (χ1n) is 10.1. The summed E-state index contributed by atoms with van der Waals surface area (Å²) in [5.74, 6) is 0.755. The van der Waals surface area contributed by atoms with Crippen molar-refractivity contribution in [2.45, 2.75) is 18.7 Å². The maximum Gasteiger partial charge on any atom is 0.261 e. The van der Waals surface area contributed by atoms with E-state index < -0.39 is 10.0 Å². The third-order valence-electron chi connectivity index (χ3n) is 5.12. The van der Waals surface area contributed by atoms with Crippen LogP contribution in [0.25, 0.3) is 16.4 Å². The maximum atomic E-state index is 12.9. The van der Waals surface area contributed by atoms with Crippen molar-refractivity contribution in [1.29, 1.82) is 0 Å². The van der Waals surface area contributed by atoms with E-state index in [4.69, 9.17) is 0 Å². The van der Waals surface area contributed by atoms with Crippen LogP contribution in [0.1, 0.15) is 11.4 Å². The number of fused-ring (bicyclic) bond motifs is 2. The first kappa shape index (κ1) is 20.0. The zero-order valence-electron chi connectivity index (χ0n) is 17.6. The molecule has 2 N–H and O–H groups in total. The highest BCUT2D eigenvalue weighted by Gasteiger charge is 2.15. The number of anilines is 3. The molecule has 0 aliphatic carbocycles. The lowest BCUT2D eigenvalue weighted by atomic mass is 10.1. The first-order valence-corrected chi connectivity index (χ1v) is 11.6. The number of rotatable bonds is 5. The molecule has 160 valence electrons. The van der Waals surface area contributed by atoms with Crippen molar-refractivity contribution >= 4 is 43.6 Å². The van der Waals surface area contributed by atoms with Crippen LogP contribution in [0.5, 0.6) is 0 Å². The molecule has 0 spiro atoms. The molecule has 0 amide bonds. The smallest absolute Gasteiger partial charge is 0.261 e. The lowest BCUT2D eigenvalue weighted by molar-refractivity contribution is 0.601. The van der Waals surface area contributed by atoms with E-state index >= 15 is 0 Å². The number of nitrogens with zero attached hydrogens (tertiary/aromatic N) is 3.